The maximum absolute atomic E-state index is 11.2. The Bertz CT molecular complexity index is 559. The smallest absolute Gasteiger partial charge is 0.326 e. The van der Waals surface area contributed by atoms with Gasteiger partial charge >= 0.3 is 5.97 Å². The van der Waals surface area contributed by atoms with Crippen LogP contribution in [0.4, 0.5) is 5.82 Å². The summed E-state index contributed by atoms with van der Waals surface area (Å²) in [4.78, 5) is 26.2. The average Bonchev–Trinajstić information content (AvgIpc) is 2.86. The topological polar surface area (TPSA) is 104 Å². The average molecular weight is 281 g/mol. The van der Waals surface area contributed by atoms with Crippen LogP contribution in [0.3, 0.4) is 0 Å². The molecule has 0 saturated heterocycles. The maximum Gasteiger partial charge on any atom is 0.326 e. The number of imidazole rings is 1. The summed E-state index contributed by atoms with van der Waals surface area (Å²) < 4.78 is 0. The Balaban J connectivity index is 2.12. The van der Waals surface area contributed by atoms with E-state index >= 15 is 0 Å². The molecule has 0 aliphatic carbocycles. The number of H-pyrrole nitrogens is 1. The number of rotatable bonds is 7. The van der Waals surface area contributed by atoms with Gasteiger partial charge in [0.25, 0.3) is 0 Å². The number of fused-ring (bicyclic) bond motifs is 1. The van der Waals surface area contributed by atoms with Crippen molar-refractivity contribution in [3.63, 3.8) is 0 Å². The van der Waals surface area contributed by atoms with Crippen LogP contribution in [0.15, 0.2) is 12.7 Å². The van der Waals surface area contributed by atoms with Gasteiger partial charge < -0.3 is 15.4 Å². The Labute approximate surface area is 114 Å². The number of aliphatic carboxylic acids is 1. The highest BCUT2D eigenvalue weighted by Gasteiger charge is 2.19. The molecular formula is C11H15N5O2S. The molecule has 0 spiro atoms. The SMILES string of the molecule is CCSCC[C@H](Nc1ncnc2nc[nH]c12)C(=O)O. The standard InChI is InChI=1S/C11H15N5O2S/c1-2-19-4-3-7(11(17)18)16-10-8-9(13-5-12-8)14-6-15-10/h5-7H,2-4H2,1H3,(H,17,18)(H2,12,13,14,15,16)/t7-/m0/s1. The predicted molar refractivity (Wildman–Crippen MR) is 74.3 cm³/mol. The van der Waals surface area contributed by atoms with Crippen molar-refractivity contribution < 1.29 is 9.90 Å². The first kappa shape index (κ1) is 13.6. The van der Waals surface area contributed by atoms with Gasteiger partial charge in [0.2, 0.25) is 0 Å². The molecule has 0 aliphatic rings. The minimum absolute atomic E-state index is 0.469. The Morgan fingerprint density at radius 1 is 1.53 bits per heavy atom. The van der Waals surface area contributed by atoms with Crippen LogP contribution < -0.4 is 5.32 Å². The second-order valence-corrected chi connectivity index (χ2v) is 5.24. The van der Waals surface area contributed by atoms with Gasteiger partial charge in [0.1, 0.15) is 17.9 Å². The molecule has 2 aromatic rings. The number of hydrogen-bond acceptors (Lipinski definition) is 6. The number of thioether (sulfide) groups is 1. The van der Waals surface area contributed by atoms with Crippen LogP contribution in [-0.4, -0.2) is 48.6 Å². The third-order valence-electron chi connectivity index (χ3n) is 2.59. The van der Waals surface area contributed by atoms with Crippen LogP contribution in [-0.2, 0) is 4.79 Å². The summed E-state index contributed by atoms with van der Waals surface area (Å²) in [6, 6.07) is -0.666. The molecule has 0 bridgehead atoms. The number of aromatic amines is 1. The molecule has 102 valence electrons. The summed E-state index contributed by atoms with van der Waals surface area (Å²) >= 11 is 1.71. The molecule has 1 atom stereocenters. The van der Waals surface area contributed by atoms with Crippen molar-refractivity contribution in [1.29, 1.82) is 0 Å². The molecule has 0 aromatic carbocycles. The van der Waals surface area contributed by atoms with Gasteiger partial charge in [-0.25, -0.2) is 19.7 Å². The quantitative estimate of drug-likeness (QED) is 0.658. The molecular weight excluding hydrogens is 266 g/mol. The molecule has 3 N–H and O–H groups in total. The van der Waals surface area contributed by atoms with Crippen LogP contribution in [0.2, 0.25) is 0 Å². The number of aromatic nitrogens is 4. The lowest BCUT2D eigenvalue weighted by Crippen LogP contribution is -2.30. The van der Waals surface area contributed by atoms with Crippen LogP contribution in [0.1, 0.15) is 13.3 Å². The van der Waals surface area contributed by atoms with Gasteiger partial charge in [0, 0.05) is 0 Å². The second kappa shape index (κ2) is 6.37. The summed E-state index contributed by atoms with van der Waals surface area (Å²) in [5.41, 5.74) is 1.14. The number of nitrogens with zero attached hydrogens (tertiary/aromatic N) is 3. The lowest BCUT2D eigenvalue weighted by atomic mass is 10.2. The van der Waals surface area contributed by atoms with Gasteiger partial charge in [-0.1, -0.05) is 6.92 Å². The number of carboxylic acids is 1. The molecule has 0 unspecified atom stereocenters. The molecule has 0 fully saturated rings. The highest BCUT2D eigenvalue weighted by atomic mass is 32.2. The molecule has 7 nitrogen and oxygen atoms in total. The minimum Gasteiger partial charge on any atom is -0.480 e. The van der Waals surface area contributed by atoms with Crippen molar-refractivity contribution in [1.82, 2.24) is 19.9 Å². The first-order valence-electron chi connectivity index (χ1n) is 5.93. The van der Waals surface area contributed by atoms with Crippen molar-refractivity contribution in [3.8, 4) is 0 Å². The molecule has 19 heavy (non-hydrogen) atoms. The zero-order valence-electron chi connectivity index (χ0n) is 10.5. The minimum atomic E-state index is -0.886. The van der Waals surface area contributed by atoms with Gasteiger partial charge in [-0.3, -0.25) is 0 Å². The third kappa shape index (κ3) is 3.34. The molecule has 0 amide bonds. The van der Waals surface area contributed by atoms with E-state index in [1.54, 1.807) is 11.8 Å². The van der Waals surface area contributed by atoms with E-state index in [0.29, 0.717) is 23.4 Å². The van der Waals surface area contributed by atoms with Gasteiger partial charge in [0.05, 0.1) is 6.33 Å². The summed E-state index contributed by atoms with van der Waals surface area (Å²) in [6.45, 7) is 2.05. The van der Waals surface area contributed by atoms with Gasteiger partial charge in [-0.2, -0.15) is 11.8 Å². The predicted octanol–water partition coefficient (Wildman–Crippen LogP) is 1.36. The highest BCUT2D eigenvalue weighted by Crippen LogP contribution is 2.17. The number of anilines is 1. The number of hydrogen-bond donors (Lipinski definition) is 3. The van der Waals surface area contributed by atoms with Crippen LogP contribution in [0.25, 0.3) is 11.2 Å². The van der Waals surface area contributed by atoms with Crippen LogP contribution in [0.5, 0.6) is 0 Å². The molecule has 2 aromatic heterocycles. The highest BCUT2D eigenvalue weighted by molar-refractivity contribution is 7.99. The van der Waals surface area contributed by atoms with Crippen molar-refractivity contribution >= 4 is 34.7 Å². The van der Waals surface area contributed by atoms with Crippen molar-refractivity contribution in [2.24, 2.45) is 0 Å². The summed E-state index contributed by atoms with van der Waals surface area (Å²) in [5.74, 6) is 1.35. The number of nitrogens with one attached hydrogen (secondary N) is 2. The van der Waals surface area contributed by atoms with Gasteiger partial charge in [0.15, 0.2) is 11.5 Å². The first-order chi connectivity index (χ1) is 9.22. The monoisotopic (exact) mass is 281 g/mol. The Kier molecular flexibility index (Phi) is 4.56. The normalized spacial score (nSPS) is 12.5. The Hall–Kier alpha value is -1.83. The fourth-order valence-corrected chi connectivity index (χ4v) is 2.33. The number of carboxylic acid groups (broad SMARTS) is 1. The fraction of sp³-hybridized carbons (Fsp3) is 0.455. The lowest BCUT2D eigenvalue weighted by Gasteiger charge is -2.14. The Morgan fingerprint density at radius 3 is 3.11 bits per heavy atom. The van der Waals surface area contributed by atoms with E-state index in [9.17, 15) is 9.90 Å². The molecule has 0 saturated carbocycles. The summed E-state index contributed by atoms with van der Waals surface area (Å²) in [6.07, 6.45) is 3.41. The molecule has 0 aliphatic heterocycles. The first-order valence-corrected chi connectivity index (χ1v) is 7.09. The van der Waals surface area contributed by atoms with Crippen molar-refractivity contribution in [2.75, 3.05) is 16.8 Å². The third-order valence-corrected chi connectivity index (χ3v) is 3.52. The number of carbonyl (C=O) groups is 1. The Morgan fingerprint density at radius 2 is 2.37 bits per heavy atom. The molecule has 2 rings (SSSR count). The van der Waals surface area contributed by atoms with E-state index in [1.807, 2.05) is 6.92 Å². The van der Waals surface area contributed by atoms with Crippen LogP contribution in [0, 0.1) is 0 Å². The fourth-order valence-electron chi connectivity index (χ4n) is 1.64. The summed E-state index contributed by atoms with van der Waals surface area (Å²) in [7, 11) is 0. The molecule has 0 radical (unpaired) electrons. The van der Waals surface area contributed by atoms with E-state index in [2.05, 4.69) is 25.3 Å². The van der Waals surface area contributed by atoms with E-state index in [4.69, 9.17) is 0 Å². The second-order valence-electron chi connectivity index (χ2n) is 3.84. The van der Waals surface area contributed by atoms with Gasteiger partial charge in [-0.15, -0.1) is 0 Å². The van der Waals surface area contributed by atoms with E-state index in [1.165, 1.54) is 12.7 Å². The van der Waals surface area contributed by atoms with Crippen molar-refractivity contribution in [3.05, 3.63) is 12.7 Å². The van der Waals surface area contributed by atoms with Crippen molar-refractivity contribution in [2.45, 2.75) is 19.4 Å². The zero-order valence-corrected chi connectivity index (χ0v) is 11.3. The van der Waals surface area contributed by atoms with E-state index in [-0.39, 0.29) is 0 Å². The van der Waals surface area contributed by atoms with E-state index in [0.717, 1.165) is 11.5 Å². The molecule has 2 heterocycles. The summed E-state index contributed by atoms with van der Waals surface area (Å²) in [5, 5.41) is 12.1. The maximum atomic E-state index is 11.2. The van der Waals surface area contributed by atoms with Crippen LogP contribution >= 0.6 is 11.8 Å². The molecule has 8 heteroatoms. The van der Waals surface area contributed by atoms with E-state index < -0.39 is 12.0 Å². The van der Waals surface area contributed by atoms with Gasteiger partial charge in [-0.05, 0) is 17.9 Å². The lowest BCUT2D eigenvalue weighted by molar-refractivity contribution is -0.137. The zero-order chi connectivity index (χ0) is 13.7. The largest absolute Gasteiger partial charge is 0.480 e.